The molecule has 0 radical (unpaired) electrons. The molecule has 1 aliphatic rings. The van der Waals surface area contributed by atoms with Gasteiger partial charge in [-0.1, -0.05) is 6.92 Å². The average Bonchev–Trinajstić information content (AvgIpc) is 2.62. The van der Waals surface area contributed by atoms with E-state index in [4.69, 9.17) is 0 Å². The lowest BCUT2D eigenvalue weighted by atomic mass is 10.1. The highest BCUT2D eigenvalue weighted by atomic mass is 32.2. The number of aromatic nitrogens is 1. The molecule has 2 atom stereocenters. The van der Waals surface area contributed by atoms with Crippen LogP contribution in [-0.4, -0.2) is 60.6 Å². The number of thiol groups is 1. The number of halogens is 6. The van der Waals surface area contributed by atoms with Gasteiger partial charge in [-0.2, -0.15) is 25.8 Å². The summed E-state index contributed by atoms with van der Waals surface area (Å²) in [6.07, 6.45) is -6.89. The fourth-order valence-electron chi connectivity index (χ4n) is 2.31. The predicted octanol–water partition coefficient (Wildman–Crippen LogP) is 3.35. The maximum absolute atomic E-state index is 13.6. The Balaban J connectivity index is 2.28. The van der Waals surface area contributed by atoms with Crippen molar-refractivity contribution in [3.8, 4) is 0 Å². The van der Waals surface area contributed by atoms with Gasteiger partial charge in [0.15, 0.2) is 9.84 Å². The molecule has 0 saturated carbocycles. The highest BCUT2D eigenvalue weighted by Crippen LogP contribution is 2.36. The second-order valence-corrected chi connectivity index (χ2v) is 8.58. The van der Waals surface area contributed by atoms with Crippen molar-refractivity contribution in [3.05, 3.63) is 30.1 Å². The number of sulfone groups is 1. The van der Waals surface area contributed by atoms with Crippen molar-refractivity contribution in [1.82, 2.24) is 9.88 Å². The Labute approximate surface area is 162 Å². The first kappa shape index (κ1) is 22.5. The van der Waals surface area contributed by atoms with Crippen LogP contribution in [-0.2, 0) is 9.84 Å². The van der Waals surface area contributed by atoms with Crippen LogP contribution in [0.5, 0.6) is 0 Å². The highest BCUT2D eigenvalue weighted by molar-refractivity contribution is 7.91. The third-order valence-corrected chi connectivity index (χ3v) is 5.98. The molecule has 0 spiro atoms. The standard InChI is InChI=1S/C15H15F6N3O2S2/c1-2-28(25,26)10-4-3-5-22-12(10)9-6-11(27)24(8-23-9)7-14(17,18)13(16)15(19,20)21/h3-6,8,11,13,27H,2,7H2,1H3. The van der Waals surface area contributed by atoms with Crippen LogP contribution in [0.15, 0.2) is 34.3 Å². The molecule has 2 heterocycles. The molecule has 28 heavy (non-hydrogen) atoms. The Hall–Kier alpha value is -1.76. The molecule has 2 rings (SSSR count). The number of pyridine rings is 1. The minimum absolute atomic E-state index is 0.0141. The summed E-state index contributed by atoms with van der Waals surface area (Å²) < 4.78 is 101. The monoisotopic (exact) mass is 447 g/mol. The first-order valence-corrected chi connectivity index (χ1v) is 9.93. The van der Waals surface area contributed by atoms with E-state index in [0.717, 1.165) is 12.4 Å². The van der Waals surface area contributed by atoms with Crippen molar-refractivity contribution in [2.45, 2.75) is 35.5 Å². The number of nitrogens with zero attached hydrogens (tertiary/aromatic N) is 3. The van der Waals surface area contributed by atoms with Crippen LogP contribution in [0, 0.1) is 0 Å². The molecule has 0 N–H and O–H groups in total. The number of rotatable bonds is 6. The Morgan fingerprint density at radius 2 is 1.93 bits per heavy atom. The molecular formula is C15H15F6N3O2S2. The smallest absolute Gasteiger partial charge is 0.341 e. The van der Waals surface area contributed by atoms with E-state index in [9.17, 15) is 34.8 Å². The average molecular weight is 447 g/mol. The molecule has 1 aromatic rings. The summed E-state index contributed by atoms with van der Waals surface area (Å²) in [6.45, 7) is -0.207. The first-order valence-electron chi connectivity index (χ1n) is 7.76. The molecule has 13 heteroatoms. The predicted molar refractivity (Wildman–Crippen MR) is 93.8 cm³/mol. The van der Waals surface area contributed by atoms with Gasteiger partial charge in [0.1, 0.15) is 5.69 Å². The Morgan fingerprint density at radius 1 is 1.29 bits per heavy atom. The molecule has 1 aliphatic heterocycles. The summed E-state index contributed by atoms with van der Waals surface area (Å²) in [5.41, 5.74) is -0.0652. The van der Waals surface area contributed by atoms with Crippen molar-refractivity contribution in [2.24, 2.45) is 4.99 Å². The van der Waals surface area contributed by atoms with E-state index in [1.54, 1.807) is 0 Å². The molecule has 0 aliphatic carbocycles. The summed E-state index contributed by atoms with van der Waals surface area (Å²) in [4.78, 5) is 8.20. The number of alkyl halides is 6. The van der Waals surface area contributed by atoms with Crippen LogP contribution >= 0.6 is 12.6 Å². The van der Waals surface area contributed by atoms with Crippen LogP contribution in [0.3, 0.4) is 0 Å². The van der Waals surface area contributed by atoms with Crippen molar-refractivity contribution in [2.75, 3.05) is 12.3 Å². The van der Waals surface area contributed by atoms with E-state index >= 15 is 0 Å². The minimum atomic E-state index is -5.72. The van der Waals surface area contributed by atoms with Gasteiger partial charge in [-0.3, -0.25) is 4.98 Å². The molecule has 0 amide bonds. The SMILES string of the molecule is CCS(=O)(=O)c1cccnc1C1=CC(S)N(CC(F)(F)C(F)C(F)(F)F)C=N1. The topological polar surface area (TPSA) is 62.6 Å². The van der Waals surface area contributed by atoms with E-state index in [-0.39, 0.29) is 22.0 Å². The summed E-state index contributed by atoms with van der Waals surface area (Å²) in [5, 5.41) is -1.21. The molecule has 2 unspecified atom stereocenters. The van der Waals surface area contributed by atoms with E-state index in [2.05, 4.69) is 22.6 Å². The maximum Gasteiger partial charge on any atom is 0.425 e. The Morgan fingerprint density at radius 3 is 2.46 bits per heavy atom. The van der Waals surface area contributed by atoms with Gasteiger partial charge >= 0.3 is 12.1 Å². The van der Waals surface area contributed by atoms with E-state index in [0.29, 0.717) is 4.90 Å². The lowest BCUT2D eigenvalue weighted by Gasteiger charge is -2.32. The van der Waals surface area contributed by atoms with Crippen LogP contribution in [0.25, 0.3) is 5.70 Å². The fraction of sp³-hybridized carbons (Fsp3) is 0.467. The van der Waals surface area contributed by atoms with Gasteiger partial charge in [-0.25, -0.2) is 26.6 Å². The van der Waals surface area contributed by atoms with Gasteiger partial charge in [-0.15, -0.1) is 0 Å². The largest absolute Gasteiger partial charge is 0.425 e. The van der Waals surface area contributed by atoms with Gasteiger partial charge < -0.3 is 4.90 Å². The van der Waals surface area contributed by atoms with E-state index in [1.165, 1.54) is 25.3 Å². The lowest BCUT2D eigenvalue weighted by Crippen LogP contribution is -2.50. The molecular weight excluding hydrogens is 432 g/mol. The maximum atomic E-state index is 13.6. The van der Waals surface area contributed by atoms with Crippen LogP contribution in [0.2, 0.25) is 0 Å². The van der Waals surface area contributed by atoms with Gasteiger partial charge in [-0.05, 0) is 18.2 Å². The van der Waals surface area contributed by atoms with E-state index in [1.807, 2.05) is 0 Å². The number of hydrogen-bond acceptors (Lipinski definition) is 6. The second kappa shape index (κ2) is 7.93. The molecule has 1 aromatic heterocycles. The number of aliphatic imine (C=N–C) groups is 1. The van der Waals surface area contributed by atoms with Crippen LogP contribution in [0.1, 0.15) is 12.6 Å². The Bertz CT molecular complexity index is 886. The first-order chi connectivity index (χ1) is 12.8. The highest BCUT2D eigenvalue weighted by Gasteiger charge is 2.57. The summed E-state index contributed by atoms with van der Waals surface area (Å²) in [6, 6.07) is 2.69. The molecule has 0 bridgehead atoms. The normalized spacial score (nSPS) is 19.5. The zero-order chi connectivity index (χ0) is 21.3. The van der Waals surface area contributed by atoms with Crippen LogP contribution in [0.4, 0.5) is 26.3 Å². The van der Waals surface area contributed by atoms with Crippen molar-refractivity contribution >= 4 is 34.5 Å². The van der Waals surface area contributed by atoms with Crippen molar-refractivity contribution in [1.29, 1.82) is 0 Å². The van der Waals surface area contributed by atoms with Crippen LogP contribution < -0.4 is 0 Å². The van der Waals surface area contributed by atoms with E-state index < -0.39 is 40.0 Å². The van der Waals surface area contributed by atoms with Crippen molar-refractivity contribution in [3.63, 3.8) is 0 Å². The Kier molecular flexibility index (Phi) is 6.38. The summed E-state index contributed by atoms with van der Waals surface area (Å²) in [5.74, 6) is -4.96. The van der Waals surface area contributed by atoms with Gasteiger partial charge in [0.05, 0.1) is 34.6 Å². The van der Waals surface area contributed by atoms with Gasteiger partial charge in [0, 0.05) is 6.20 Å². The quantitative estimate of drug-likeness (QED) is 0.537. The molecule has 0 fully saturated rings. The zero-order valence-electron chi connectivity index (χ0n) is 14.2. The molecule has 0 aromatic carbocycles. The lowest BCUT2D eigenvalue weighted by molar-refractivity contribution is -0.245. The molecule has 5 nitrogen and oxygen atoms in total. The third-order valence-electron chi connectivity index (χ3n) is 3.77. The zero-order valence-corrected chi connectivity index (χ0v) is 15.9. The van der Waals surface area contributed by atoms with Crippen molar-refractivity contribution < 1.29 is 34.8 Å². The third kappa shape index (κ3) is 4.80. The summed E-state index contributed by atoms with van der Waals surface area (Å²) in [7, 11) is -3.68. The molecule has 0 saturated heterocycles. The van der Waals surface area contributed by atoms with Gasteiger partial charge in [0.25, 0.3) is 6.17 Å². The second-order valence-electron chi connectivity index (χ2n) is 5.80. The minimum Gasteiger partial charge on any atom is -0.341 e. The summed E-state index contributed by atoms with van der Waals surface area (Å²) >= 11 is 3.99. The number of hydrogen-bond donors (Lipinski definition) is 1. The van der Waals surface area contributed by atoms with Gasteiger partial charge in [0.2, 0.25) is 0 Å². The molecule has 156 valence electrons. The fourth-order valence-corrected chi connectivity index (χ4v) is 3.64.